The molecule has 1 aliphatic rings. The lowest BCUT2D eigenvalue weighted by Gasteiger charge is -2.45. The average Bonchev–Trinajstić information content (AvgIpc) is 2.56. The lowest BCUT2D eigenvalue weighted by atomic mass is 9.68. The van der Waals surface area contributed by atoms with E-state index in [9.17, 15) is 9.50 Å². The zero-order chi connectivity index (χ0) is 17.2. The molecule has 1 N–H and O–H groups in total. The fourth-order valence-corrected chi connectivity index (χ4v) is 3.79. The number of phenolic OH excluding ortho intramolecular Hbond substituents is 1. The van der Waals surface area contributed by atoms with Crippen molar-refractivity contribution in [2.75, 3.05) is 19.6 Å². The van der Waals surface area contributed by atoms with Gasteiger partial charge in [-0.1, -0.05) is 38.1 Å². The molecule has 2 atom stereocenters. The quantitative estimate of drug-likeness (QED) is 0.901. The molecule has 0 aromatic heterocycles. The molecule has 0 amide bonds. The third kappa shape index (κ3) is 3.62. The first-order valence-electron chi connectivity index (χ1n) is 8.74. The molecule has 0 aliphatic carbocycles. The Balaban J connectivity index is 1.62. The number of rotatable bonds is 4. The maximum absolute atomic E-state index is 13.3. The molecule has 2 nitrogen and oxygen atoms in total. The molecule has 3 heteroatoms. The Bertz CT molecular complexity index is 702. The zero-order valence-corrected chi connectivity index (χ0v) is 14.5. The van der Waals surface area contributed by atoms with Crippen LogP contribution in [-0.4, -0.2) is 29.6 Å². The summed E-state index contributed by atoms with van der Waals surface area (Å²) in [5.74, 6) is 0.686. The molecule has 3 rings (SSSR count). The van der Waals surface area contributed by atoms with Gasteiger partial charge in [0.1, 0.15) is 11.6 Å². The van der Waals surface area contributed by atoms with Crippen LogP contribution in [0.2, 0.25) is 0 Å². The molecule has 128 valence electrons. The van der Waals surface area contributed by atoms with Gasteiger partial charge < -0.3 is 10.0 Å². The van der Waals surface area contributed by atoms with Gasteiger partial charge in [-0.2, -0.15) is 0 Å². The molecule has 0 radical (unpaired) electrons. The third-order valence-electron chi connectivity index (χ3n) is 5.68. The summed E-state index contributed by atoms with van der Waals surface area (Å²) in [5.41, 5.74) is 2.37. The molecule has 0 spiro atoms. The summed E-state index contributed by atoms with van der Waals surface area (Å²) in [5, 5.41) is 9.79. The molecule has 0 unspecified atom stereocenters. The summed E-state index contributed by atoms with van der Waals surface area (Å²) < 4.78 is 13.3. The number of benzene rings is 2. The van der Waals surface area contributed by atoms with E-state index in [-0.39, 0.29) is 11.2 Å². The van der Waals surface area contributed by atoms with Crippen molar-refractivity contribution in [1.29, 1.82) is 0 Å². The van der Waals surface area contributed by atoms with Crippen molar-refractivity contribution in [3.05, 3.63) is 65.5 Å². The SMILES string of the molecule is C[C@H]1CN(CCc2cccc(F)c2)CC[C@@]1(C)c1cccc(O)c1. The highest BCUT2D eigenvalue weighted by Crippen LogP contribution is 2.40. The van der Waals surface area contributed by atoms with E-state index in [2.05, 4.69) is 24.8 Å². The number of phenols is 1. The molecule has 24 heavy (non-hydrogen) atoms. The van der Waals surface area contributed by atoms with Crippen LogP contribution in [0.25, 0.3) is 0 Å². The number of hydrogen-bond acceptors (Lipinski definition) is 2. The fourth-order valence-electron chi connectivity index (χ4n) is 3.79. The number of likely N-dealkylation sites (tertiary alicyclic amines) is 1. The Morgan fingerprint density at radius 1 is 1.21 bits per heavy atom. The molecule has 1 fully saturated rings. The Kier molecular flexibility index (Phi) is 4.91. The van der Waals surface area contributed by atoms with E-state index >= 15 is 0 Å². The highest BCUT2D eigenvalue weighted by Gasteiger charge is 2.37. The van der Waals surface area contributed by atoms with E-state index < -0.39 is 0 Å². The predicted molar refractivity (Wildman–Crippen MR) is 95.8 cm³/mol. The first kappa shape index (κ1) is 17.0. The second-order valence-electron chi connectivity index (χ2n) is 7.30. The third-order valence-corrected chi connectivity index (χ3v) is 5.68. The maximum atomic E-state index is 13.3. The van der Waals surface area contributed by atoms with Gasteiger partial charge in [0.15, 0.2) is 0 Å². The Hall–Kier alpha value is -1.87. The van der Waals surface area contributed by atoms with Crippen LogP contribution in [0.15, 0.2) is 48.5 Å². The molecule has 0 bridgehead atoms. The number of piperidine rings is 1. The van der Waals surface area contributed by atoms with Gasteiger partial charge in [0, 0.05) is 13.1 Å². The van der Waals surface area contributed by atoms with Gasteiger partial charge in [0.2, 0.25) is 0 Å². The van der Waals surface area contributed by atoms with Gasteiger partial charge >= 0.3 is 0 Å². The lowest BCUT2D eigenvalue weighted by molar-refractivity contribution is 0.112. The molecule has 1 heterocycles. The summed E-state index contributed by atoms with van der Waals surface area (Å²) in [6.07, 6.45) is 1.95. The van der Waals surface area contributed by atoms with E-state index in [1.807, 2.05) is 18.2 Å². The van der Waals surface area contributed by atoms with Crippen LogP contribution < -0.4 is 0 Å². The summed E-state index contributed by atoms with van der Waals surface area (Å²) in [7, 11) is 0. The van der Waals surface area contributed by atoms with Crippen LogP contribution in [0.4, 0.5) is 4.39 Å². The van der Waals surface area contributed by atoms with Gasteiger partial charge in [-0.05, 0) is 66.1 Å². The van der Waals surface area contributed by atoms with E-state index in [0.717, 1.165) is 38.0 Å². The van der Waals surface area contributed by atoms with Crippen molar-refractivity contribution in [2.45, 2.75) is 32.1 Å². The van der Waals surface area contributed by atoms with Gasteiger partial charge in [-0.3, -0.25) is 0 Å². The standard InChI is InChI=1S/C21H26FNO/c1-16-15-23(11-9-17-5-3-7-19(22)13-17)12-10-21(16,2)18-6-4-8-20(24)14-18/h3-8,13-14,16,24H,9-12,15H2,1-2H3/t16-,21+/m0/s1. The van der Waals surface area contributed by atoms with Crippen LogP contribution in [-0.2, 0) is 11.8 Å². The molecule has 2 aromatic rings. The van der Waals surface area contributed by atoms with Crippen molar-refractivity contribution in [1.82, 2.24) is 4.90 Å². The summed E-state index contributed by atoms with van der Waals surface area (Å²) in [6.45, 7) is 7.62. The zero-order valence-electron chi connectivity index (χ0n) is 14.5. The molecule has 1 saturated heterocycles. The maximum Gasteiger partial charge on any atom is 0.123 e. The number of nitrogens with zero attached hydrogens (tertiary/aromatic N) is 1. The van der Waals surface area contributed by atoms with Crippen molar-refractivity contribution in [3.8, 4) is 5.75 Å². The molecule has 2 aromatic carbocycles. The normalized spacial score (nSPS) is 24.9. The Labute approximate surface area is 143 Å². The average molecular weight is 327 g/mol. The van der Waals surface area contributed by atoms with Gasteiger partial charge in [-0.15, -0.1) is 0 Å². The summed E-state index contributed by atoms with van der Waals surface area (Å²) >= 11 is 0. The van der Waals surface area contributed by atoms with Crippen molar-refractivity contribution < 1.29 is 9.50 Å². The van der Waals surface area contributed by atoms with E-state index in [1.54, 1.807) is 18.2 Å². The molecule has 1 aliphatic heterocycles. The monoisotopic (exact) mass is 327 g/mol. The highest BCUT2D eigenvalue weighted by molar-refractivity contribution is 5.33. The smallest absolute Gasteiger partial charge is 0.123 e. The van der Waals surface area contributed by atoms with E-state index in [4.69, 9.17) is 0 Å². The summed E-state index contributed by atoms with van der Waals surface area (Å²) in [4.78, 5) is 2.47. The van der Waals surface area contributed by atoms with Crippen LogP contribution in [0.5, 0.6) is 5.75 Å². The van der Waals surface area contributed by atoms with Gasteiger partial charge in [-0.25, -0.2) is 4.39 Å². The second kappa shape index (κ2) is 6.94. The topological polar surface area (TPSA) is 23.5 Å². The minimum atomic E-state index is -0.157. The van der Waals surface area contributed by atoms with Crippen LogP contribution in [0.1, 0.15) is 31.4 Å². The number of halogens is 1. The summed E-state index contributed by atoms with van der Waals surface area (Å²) in [6, 6.07) is 14.6. The van der Waals surface area contributed by atoms with Crippen LogP contribution in [0.3, 0.4) is 0 Å². The lowest BCUT2D eigenvalue weighted by Crippen LogP contribution is -2.47. The Morgan fingerprint density at radius 2 is 2.00 bits per heavy atom. The molecular weight excluding hydrogens is 301 g/mol. The van der Waals surface area contributed by atoms with E-state index in [1.165, 1.54) is 11.6 Å². The fraction of sp³-hybridized carbons (Fsp3) is 0.429. The highest BCUT2D eigenvalue weighted by atomic mass is 19.1. The molecule has 0 saturated carbocycles. The minimum Gasteiger partial charge on any atom is -0.508 e. The number of aromatic hydroxyl groups is 1. The minimum absolute atomic E-state index is 0.0914. The number of hydrogen-bond donors (Lipinski definition) is 1. The van der Waals surface area contributed by atoms with Crippen LogP contribution in [0, 0.1) is 11.7 Å². The van der Waals surface area contributed by atoms with Crippen LogP contribution >= 0.6 is 0 Å². The van der Waals surface area contributed by atoms with Crippen molar-refractivity contribution in [2.24, 2.45) is 5.92 Å². The van der Waals surface area contributed by atoms with Crippen molar-refractivity contribution >= 4 is 0 Å². The second-order valence-corrected chi connectivity index (χ2v) is 7.30. The first-order chi connectivity index (χ1) is 11.5. The molecular formula is C21H26FNO. The largest absolute Gasteiger partial charge is 0.508 e. The van der Waals surface area contributed by atoms with E-state index in [0.29, 0.717) is 11.7 Å². The first-order valence-corrected chi connectivity index (χ1v) is 8.74. The Morgan fingerprint density at radius 3 is 2.71 bits per heavy atom. The van der Waals surface area contributed by atoms with Gasteiger partial charge in [0.25, 0.3) is 0 Å². The van der Waals surface area contributed by atoms with Crippen molar-refractivity contribution in [3.63, 3.8) is 0 Å². The predicted octanol–water partition coefficient (Wildman–Crippen LogP) is 4.37. The van der Waals surface area contributed by atoms with Gasteiger partial charge in [0.05, 0.1) is 0 Å².